The van der Waals surface area contributed by atoms with E-state index in [0.717, 1.165) is 16.3 Å². The Balaban J connectivity index is 1.69. The molecule has 1 atom stereocenters. The van der Waals surface area contributed by atoms with Crippen molar-refractivity contribution in [1.29, 1.82) is 0 Å². The highest BCUT2D eigenvalue weighted by molar-refractivity contribution is 7.98. The summed E-state index contributed by atoms with van der Waals surface area (Å²) in [6.07, 6.45) is 2.20. The van der Waals surface area contributed by atoms with Gasteiger partial charge in [0.05, 0.1) is 13.0 Å². The fourth-order valence-electron chi connectivity index (χ4n) is 2.86. The molecule has 1 heterocycles. The van der Waals surface area contributed by atoms with Gasteiger partial charge in [-0.05, 0) is 36.6 Å². The van der Waals surface area contributed by atoms with Gasteiger partial charge in [0, 0.05) is 35.3 Å². The van der Waals surface area contributed by atoms with Crippen LogP contribution >= 0.6 is 11.8 Å². The first-order chi connectivity index (χ1) is 12.1. The Hall–Kier alpha value is -2.47. The van der Waals surface area contributed by atoms with E-state index in [-0.39, 0.29) is 24.2 Å². The van der Waals surface area contributed by atoms with Crippen molar-refractivity contribution in [1.82, 2.24) is 0 Å². The van der Waals surface area contributed by atoms with Crippen molar-refractivity contribution in [3.05, 3.63) is 48.5 Å². The Morgan fingerprint density at radius 2 is 2.04 bits per heavy atom. The molecule has 0 aromatic heterocycles. The van der Waals surface area contributed by atoms with Crippen molar-refractivity contribution in [3.8, 4) is 5.75 Å². The third-order valence-corrected chi connectivity index (χ3v) is 4.92. The zero-order valence-electron chi connectivity index (χ0n) is 14.2. The summed E-state index contributed by atoms with van der Waals surface area (Å²) in [4.78, 5) is 27.6. The van der Waals surface area contributed by atoms with Crippen LogP contribution in [0.3, 0.4) is 0 Å². The average Bonchev–Trinajstić information content (AvgIpc) is 3.04. The highest BCUT2D eigenvalue weighted by Crippen LogP contribution is 2.29. The Labute approximate surface area is 151 Å². The van der Waals surface area contributed by atoms with Crippen LogP contribution in [-0.2, 0) is 9.59 Å². The number of carbonyl (C=O) groups is 2. The Kier molecular flexibility index (Phi) is 5.28. The summed E-state index contributed by atoms with van der Waals surface area (Å²) in [7, 11) is 1.59. The van der Waals surface area contributed by atoms with Crippen molar-refractivity contribution in [2.45, 2.75) is 11.3 Å². The van der Waals surface area contributed by atoms with Crippen LogP contribution in [-0.4, -0.2) is 31.7 Å². The summed E-state index contributed by atoms with van der Waals surface area (Å²) in [6.45, 7) is 0.375. The van der Waals surface area contributed by atoms with Crippen LogP contribution in [0.25, 0.3) is 0 Å². The summed E-state index contributed by atoms with van der Waals surface area (Å²) in [5.41, 5.74) is 1.51. The zero-order chi connectivity index (χ0) is 17.8. The monoisotopic (exact) mass is 356 g/mol. The maximum absolute atomic E-state index is 12.5. The lowest BCUT2D eigenvalue weighted by Crippen LogP contribution is -2.28. The molecule has 0 unspecified atom stereocenters. The third-order valence-electron chi connectivity index (χ3n) is 4.20. The van der Waals surface area contributed by atoms with E-state index in [9.17, 15) is 9.59 Å². The van der Waals surface area contributed by atoms with E-state index >= 15 is 0 Å². The first-order valence-electron chi connectivity index (χ1n) is 8.00. The highest BCUT2D eigenvalue weighted by atomic mass is 32.2. The zero-order valence-corrected chi connectivity index (χ0v) is 15.0. The maximum Gasteiger partial charge on any atom is 0.229 e. The largest absolute Gasteiger partial charge is 0.497 e. The summed E-state index contributed by atoms with van der Waals surface area (Å²) in [5, 5.41) is 2.92. The predicted octanol–water partition coefficient (Wildman–Crippen LogP) is 3.41. The number of ether oxygens (including phenoxy) is 1. The van der Waals surface area contributed by atoms with Crippen LogP contribution in [0, 0.1) is 5.92 Å². The van der Waals surface area contributed by atoms with Gasteiger partial charge in [0.15, 0.2) is 0 Å². The molecular weight excluding hydrogens is 336 g/mol. The lowest BCUT2D eigenvalue weighted by Gasteiger charge is -2.17. The number of benzene rings is 2. The Morgan fingerprint density at radius 1 is 1.24 bits per heavy atom. The van der Waals surface area contributed by atoms with E-state index in [4.69, 9.17) is 4.74 Å². The molecule has 0 radical (unpaired) electrons. The van der Waals surface area contributed by atoms with E-state index in [1.165, 1.54) is 0 Å². The molecule has 25 heavy (non-hydrogen) atoms. The van der Waals surface area contributed by atoms with E-state index < -0.39 is 0 Å². The molecule has 1 saturated heterocycles. The average molecular weight is 356 g/mol. The highest BCUT2D eigenvalue weighted by Gasteiger charge is 2.35. The summed E-state index contributed by atoms with van der Waals surface area (Å²) in [5.74, 6) is 0.145. The maximum atomic E-state index is 12.5. The lowest BCUT2D eigenvalue weighted by atomic mass is 10.1. The molecule has 3 rings (SSSR count). The molecule has 2 amide bonds. The van der Waals surface area contributed by atoms with Gasteiger partial charge in [-0.25, -0.2) is 0 Å². The minimum Gasteiger partial charge on any atom is -0.497 e. The van der Waals surface area contributed by atoms with Gasteiger partial charge in [-0.1, -0.05) is 12.1 Å². The van der Waals surface area contributed by atoms with Crippen molar-refractivity contribution >= 4 is 35.0 Å². The van der Waals surface area contributed by atoms with Gasteiger partial charge in [-0.2, -0.15) is 0 Å². The molecule has 1 N–H and O–H groups in total. The van der Waals surface area contributed by atoms with Crippen molar-refractivity contribution in [2.75, 3.05) is 30.1 Å². The van der Waals surface area contributed by atoms with Gasteiger partial charge < -0.3 is 15.0 Å². The van der Waals surface area contributed by atoms with Crippen LogP contribution < -0.4 is 15.0 Å². The first-order valence-corrected chi connectivity index (χ1v) is 9.22. The standard InChI is InChI=1S/C19H20N2O3S/c1-24-16-7-4-6-15(11-16)21-12-13(9-18(21)22)19(23)20-14-5-3-8-17(10-14)25-2/h3-8,10-11,13H,9,12H2,1-2H3,(H,20,23)/t13-/m1/s1. The second-order valence-corrected chi connectivity index (χ2v) is 6.71. The number of thioether (sulfide) groups is 1. The number of carbonyl (C=O) groups excluding carboxylic acids is 2. The Bertz CT molecular complexity index is 794. The molecule has 130 valence electrons. The fraction of sp³-hybridized carbons (Fsp3) is 0.263. The van der Waals surface area contributed by atoms with E-state index in [1.54, 1.807) is 29.8 Å². The smallest absolute Gasteiger partial charge is 0.229 e. The first kappa shape index (κ1) is 17.4. The van der Waals surface area contributed by atoms with Gasteiger partial charge in [0.25, 0.3) is 0 Å². The number of nitrogens with zero attached hydrogens (tertiary/aromatic N) is 1. The minimum absolute atomic E-state index is 0.0498. The second kappa shape index (κ2) is 7.61. The molecule has 0 spiro atoms. The van der Waals surface area contributed by atoms with Gasteiger partial charge in [-0.3, -0.25) is 9.59 Å². The van der Waals surface area contributed by atoms with Crippen molar-refractivity contribution in [2.24, 2.45) is 5.92 Å². The molecular formula is C19H20N2O3S. The van der Waals surface area contributed by atoms with Crippen LogP contribution in [0.5, 0.6) is 5.75 Å². The molecule has 0 aliphatic carbocycles. The third kappa shape index (κ3) is 3.96. The van der Waals surface area contributed by atoms with Gasteiger partial charge in [-0.15, -0.1) is 11.8 Å². The van der Waals surface area contributed by atoms with Crippen LogP contribution in [0.1, 0.15) is 6.42 Å². The molecule has 0 saturated carbocycles. The number of methoxy groups -OCH3 is 1. The van der Waals surface area contributed by atoms with Crippen LogP contribution in [0.4, 0.5) is 11.4 Å². The molecule has 1 fully saturated rings. The number of amides is 2. The lowest BCUT2D eigenvalue weighted by molar-refractivity contribution is -0.122. The van der Waals surface area contributed by atoms with E-state index in [0.29, 0.717) is 12.3 Å². The number of rotatable bonds is 5. The second-order valence-electron chi connectivity index (χ2n) is 5.83. The molecule has 5 nitrogen and oxygen atoms in total. The summed E-state index contributed by atoms with van der Waals surface area (Å²) >= 11 is 1.62. The topological polar surface area (TPSA) is 58.6 Å². The molecule has 0 bridgehead atoms. The number of hydrogen-bond donors (Lipinski definition) is 1. The Morgan fingerprint density at radius 3 is 2.80 bits per heavy atom. The number of anilines is 2. The summed E-state index contributed by atoms with van der Waals surface area (Å²) in [6, 6.07) is 15.0. The van der Waals surface area contributed by atoms with Crippen molar-refractivity contribution < 1.29 is 14.3 Å². The predicted molar refractivity (Wildman–Crippen MR) is 100 cm³/mol. The fourth-order valence-corrected chi connectivity index (χ4v) is 3.32. The quantitative estimate of drug-likeness (QED) is 0.834. The number of nitrogens with one attached hydrogen (secondary N) is 1. The molecule has 1 aliphatic rings. The minimum atomic E-state index is -0.364. The molecule has 1 aliphatic heterocycles. The number of hydrogen-bond acceptors (Lipinski definition) is 4. The molecule has 2 aromatic carbocycles. The summed E-state index contributed by atoms with van der Waals surface area (Å²) < 4.78 is 5.21. The van der Waals surface area contributed by atoms with Crippen LogP contribution in [0.15, 0.2) is 53.4 Å². The van der Waals surface area contributed by atoms with Crippen molar-refractivity contribution in [3.63, 3.8) is 0 Å². The normalized spacial score (nSPS) is 16.8. The van der Waals surface area contributed by atoms with Gasteiger partial charge in [0.1, 0.15) is 5.75 Å². The SMILES string of the molecule is COc1cccc(N2C[C@H](C(=O)Nc3cccc(SC)c3)CC2=O)c1. The molecule has 2 aromatic rings. The van der Waals surface area contributed by atoms with Gasteiger partial charge >= 0.3 is 0 Å². The molecule has 6 heteroatoms. The van der Waals surface area contributed by atoms with Gasteiger partial charge in [0.2, 0.25) is 11.8 Å². The van der Waals surface area contributed by atoms with E-state index in [1.807, 2.05) is 48.7 Å². The van der Waals surface area contributed by atoms with E-state index in [2.05, 4.69) is 5.32 Å². The van der Waals surface area contributed by atoms with Crippen LogP contribution in [0.2, 0.25) is 0 Å².